The van der Waals surface area contributed by atoms with E-state index in [1.54, 1.807) is 0 Å². The molecule has 0 saturated heterocycles. The van der Waals surface area contributed by atoms with E-state index >= 15 is 0 Å². The molecule has 0 bridgehead atoms. The van der Waals surface area contributed by atoms with Gasteiger partial charge in [0.15, 0.2) is 0 Å². The van der Waals surface area contributed by atoms with Crippen LogP contribution < -0.4 is 11.1 Å². The van der Waals surface area contributed by atoms with Crippen molar-refractivity contribution in [3.05, 3.63) is 0 Å². The van der Waals surface area contributed by atoms with Crippen LogP contribution in [-0.4, -0.2) is 18.6 Å². The summed E-state index contributed by atoms with van der Waals surface area (Å²) in [6, 6.07) is 1.19. The van der Waals surface area contributed by atoms with Crippen molar-refractivity contribution in [3.8, 4) is 0 Å². The van der Waals surface area contributed by atoms with Gasteiger partial charge in [0, 0.05) is 12.1 Å². The molecule has 2 nitrogen and oxygen atoms in total. The van der Waals surface area contributed by atoms with Crippen LogP contribution in [0.1, 0.15) is 58.3 Å². The van der Waals surface area contributed by atoms with Gasteiger partial charge in [-0.25, -0.2) is 0 Å². The second kappa shape index (κ2) is 6.02. The van der Waals surface area contributed by atoms with Crippen molar-refractivity contribution < 1.29 is 0 Å². The monoisotopic (exact) mass is 224 g/mol. The Morgan fingerprint density at radius 3 is 2.25 bits per heavy atom. The molecule has 16 heavy (non-hydrogen) atoms. The number of hydrogen-bond donors (Lipinski definition) is 2. The van der Waals surface area contributed by atoms with Gasteiger partial charge < -0.3 is 11.1 Å². The van der Waals surface area contributed by atoms with Gasteiger partial charge >= 0.3 is 0 Å². The third kappa shape index (κ3) is 3.46. The van der Waals surface area contributed by atoms with E-state index in [9.17, 15) is 0 Å². The fourth-order valence-electron chi connectivity index (χ4n) is 3.38. The summed E-state index contributed by atoms with van der Waals surface area (Å²) in [5.74, 6) is 1.97. The van der Waals surface area contributed by atoms with Crippen LogP contribution >= 0.6 is 0 Å². The fraction of sp³-hybridized carbons (Fsp3) is 1.00. The van der Waals surface area contributed by atoms with E-state index in [1.165, 1.54) is 57.9 Å². The van der Waals surface area contributed by atoms with Gasteiger partial charge in [0.2, 0.25) is 0 Å². The molecule has 0 spiro atoms. The quantitative estimate of drug-likeness (QED) is 0.770. The molecule has 2 aliphatic rings. The van der Waals surface area contributed by atoms with Gasteiger partial charge in [0.25, 0.3) is 0 Å². The Bertz CT molecular complexity index is 197. The van der Waals surface area contributed by atoms with Crippen LogP contribution in [0.2, 0.25) is 0 Å². The zero-order chi connectivity index (χ0) is 11.4. The van der Waals surface area contributed by atoms with Crippen LogP contribution in [0.3, 0.4) is 0 Å². The Kier molecular flexibility index (Phi) is 4.66. The topological polar surface area (TPSA) is 38.0 Å². The van der Waals surface area contributed by atoms with E-state index in [-0.39, 0.29) is 0 Å². The van der Waals surface area contributed by atoms with Crippen LogP contribution in [0.4, 0.5) is 0 Å². The van der Waals surface area contributed by atoms with Gasteiger partial charge in [0.1, 0.15) is 0 Å². The van der Waals surface area contributed by atoms with E-state index in [0.717, 1.165) is 17.9 Å². The molecule has 2 fully saturated rings. The Hall–Kier alpha value is -0.0800. The highest BCUT2D eigenvalue weighted by molar-refractivity contribution is 4.84. The second-order valence-electron chi connectivity index (χ2n) is 5.97. The third-order valence-corrected chi connectivity index (χ3v) is 4.71. The predicted molar refractivity (Wildman–Crippen MR) is 69.4 cm³/mol. The van der Waals surface area contributed by atoms with Gasteiger partial charge in [-0.2, -0.15) is 0 Å². The molecule has 0 aromatic heterocycles. The van der Waals surface area contributed by atoms with Crippen LogP contribution in [0.5, 0.6) is 0 Å². The Morgan fingerprint density at radius 2 is 1.69 bits per heavy atom. The normalized spacial score (nSPS) is 40.1. The van der Waals surface area contributed by atoms with E-state index in [0.29, 0.717) is 6.04 Å². The van der Waals surface area contributed by atoms with Crippen molar-refractivity contribution in [2.45, 2.75) is 70.4 Å². The first kappa shape index (κ1) is 12.4. The molecule has 2 aliphatic carbocycles. The van der Waals surface area contributed by atoms with Crippen molar-refractivity contribution >= 4 is 0 Å². The summed E-state index contributed by atoms with van der Waals surface area (Å²) < 4.78 is 0. The molecular weight excluding hydrogens is 196 g/mol. The molecule has 94 valence electrons. The molecule has 0 heterocycles. The minimum atomic E-state index is 0.466. The number of nitrogens with two attached hydrogens (primary N) is 1. The molecule has 0 aromatic rings. The summed E-state index contributed by atoms with van der Waals surface area (Å²) in [6.45, 7) is 3.58. The van der Waals surface area contributed by atoms with Crippen molar-refractivity contribution in [1.82, 2.24) is 5.32 Å². The highest BCUT2D eigenvalue weighted by Crippen LogP contribution is 2.30. The van der Waals surface area contributed by atoms with Crippen molar-refractivity contribution in [3.63, 3.8) is 0 Å². The van der Waals surface area contributed by atoms with E-state index < -0.39 is 0 Å². The summed E-state index contributed by atoms with van der Waals surface area (Å²) in [5.41, 5.74) is 5.93. The van der Waals surface area contributed by atoms with Gasteiger partial charge in [-0.05, 0) is 50.5 Å². The first-order chi connectivity index (χ1) is 7.78. The van der Waals surface area contributed by atoms with Crippen molar-refractivity contribution in [2.75, 3.05) is 6.54 Å². The molecular formula is C14H28N2. The number of hydrogen-bond acceptors (Lipinski definition) is 2. The van der Waals surface area contributed by atoms with E-state index in [2.05, 4.69) is 12.2 Å². The largest absolute Gasteiger partial charge is 0.328 e. The maximum atomic E-state index is 5.93. The van der Waals surface area contributed by atoms with Gasteiger partial charge in [-0.1, -0.05) is 26.2 Å². The van der Waals surface area contributed by atoms with E-state index in [4.69, 9.17) is 5.73 Å². The van der Waals surface area contributed by atoms with Crippen molar-refractivity contribution in [1.29, 1.82) is 0 Å². The van der Waals surface area contributed by atoms with Gasteiger partial charge in [0.05, 0.1) is 0 Å². The summed E-state index contributed by atoms with van der Waals surface area (Å²) in [6.07, 6.45) is 10.9. The maximum Gasteiger partial charge on any atom is 0.00824 e. The minimum Gasteiger partial charge on any atom is -0.328 e. The van der Waals surface area contributed by atoms with Crippen LogP contribution in [0.15, 0.2) is 0 Å². The molecule has 2 unspecified atom stereocenters. The third-order valence-electron chi connectivity index (χ3n) is 4.71. The lowest BCUT2D eigenvalue weighted by Crippen LogP contribution is -2.34. The minimum absolute atomic E-state index is 0.466. The molecule has 2 heteroatoms. The molecule has 2 rings (SSSR count). The highest BCUT2D eigenvalue weighted by Gasteiger charge is 2.24. The van der Waals surface area contributed by atoms with E-state index in [1.807, 2.05) is 0 Å². The average molecular weight is 224 g/mol. The number of nitrogens with one attached hydrogen (secondary N) is 1. The lowest BCUT2D eigenvalue weighted by Gasteiger charge is -2.28. The lowest BCUT2D eigenvalue weighted by atomic mass is 9.81. The molecule has 0 aromatic carbocycles. The van der Waals surface area contributed by atoms with Gasteiger partial charge in [-0.3, -0.25) is 0 Å². The second-order valence-corrected chi connectivity index (χ2v) is 5.97. The first-order valence-corrected chi connectivity index (χ1v) is 7.27. The Labute approximate surface area is 100 Å². The molecule has 2 atom stereocenters. The van der Waals surface area contributed by atoms with Crippen molar-refractivity contribution in [2.24, 2.45) is 17.6 Å². The average Bonchev–Trinajstić information content (AvgIpc) is 2.73. The SMILES string of the molecule is CCC1CCC(CNC2CCC(N)C2)CC1. The Morgan fingerprint density at radius 1 is 1.00 bits per heavy atom. The Balaban J connectivity index is 1.60. The van der Waals surface area contributed by atoms with Crippen LogP contribution in [-0.2, 0) is 0 Å². The summed E-state index contributed by atoms with van der Waals surface area (Å²) in [7, 11) is 0. The molecule has 0 aliphatic heterocycles. The predicted octanol–water partition coefficient (Wildman–Crippen LogP) is 2.67. The molecule has 0 radical (unpaired) electrons. The zero-order valence-electron chi connectivity index (χ0n) is 10.8. The number of rotatable bonds is 4. The zero-order valence-corrected chi connectivity index (χ0v) is 10.8. The maximum absolute atomic E-state index is 5.93. The smallest absolute Gasteiger partial charge is 0.00824 e. The molecule has 2 saturated carbocycles. The molecule has 0 amide bonds. The standard InChI is InChI=1S/C14H28N2/c1-2-11-3-5-12(6-4-11)10-16-14-8-7-13(15)9-14/h11-14,16H,2-10,15H2,1H3. The summed E-state index contributed by atoms with van der Waals surface area (Å²) >= 11 is 0. The first-order valence-electron chi connectivity index (χ1n) is 7.27. The fourth-order valence-corrected chi connectivity index (χ4v) is 3.38. The van der Waals surface area contributed by atoms with Crippen LogP contribution in [0.25, 0.3) is 0 Å². The molecule has 3 N–H and O–H groups in total. The summed E-state index contributed by atoms with van der Waals surface area (Å²) in [4.78, 5) is 0. The lowest BCUT2D eigenvalue weighted by molar-refractivity contribution is 0.256. The van der Waals surface area contributed by atoms with Gasteiger partial charge in [-0.15, -0.1) is 0 Å². The van der Waals surface area contributed by atoms with Crippen LogP contribution in [0, 0.1) is 11.8 Å². The highest BCUT2D eigenvalue weighted by atomic mass is 14.9. The summed E-state index contributed by atoms with van der Waals surface area (Å²) in [5, 5.41) is 3.73.